The minimum Gasteiger partial charge on any atom is -0.368 e. The molecule has 0 radical (unpaired) electrons. The summed E-state index contributed by atoms with van der Waals surface area (Å²) in [7, 11) is 1.61. The minimum atomic E-state index is -0.526. The summed E-state index contributed by atoms with van der Waals surface area (Å²) >= 11 is 0. The number of hydrogen-bond acceptors (Lipinski definition) is 6. The van der Waals surface area contributed by atoms with Gasteiger partial charge in [0.25, 0.3) is 11.4 Å². The molecule has 5 rings (SSSR count). The number of methoxy groups -OCH3 is 1. The first-order valence-electron chi connectivity index (χ1n) is 9.59. The van der Waals surface area contributed by atoms with E-state index in [9.17, 15) is 9.18 Å². The molecule has 9 heteroatoms. The second kappa shape index (κ2) is 6.21. The van der Waals surface area contributed by atoms with Gasteiger partial charge in [-0.1, -0.05) is 12.1 Å². The molecule has 150 valence electrons. The SMILES string of the molecule is CCC(C)n1c(=O)c2c(-c3noc(C4(OC)CC4)n3)ncn2c2ccc(F)cc21. The van der Waals surface area contributed by atoms with Gasteiger partial charge in [-0.2, -0.15) is 4.98 Å². The first-order valence-corrected chi connectivity index (χ1v) is 9.59. The lowest BCUT2D eigenvalue weighted by atomic mass is 10.2. The Morgan fingerprint density at radius 2 is 2.14 bits per heavy atom. The number of halogens is 1. The average Bonchev–Trinajstić information content (AvgIpc) is 3.14. The van der Waals surface area contributed by atoms with Gasteiger partial charge in [0.05, 0.1) is 11.0 Å². The third-order valence-corrected chi connectivity index (χ3v) is 5.80. The van der Waals surface area contributed by atoms with Crippen LogP contribution in [0.2, 0.25) is 0 Å². The molecular weight excluding hydrogens is 377 g/mol. The summed E-state index contributed by atoms with van der Waals surface area (Å²) in [5.41, 5.74) is 1.07. The number of aromatic nitrogens is 5. The summed E-state index contributed by atoms with van der Waals surface area (Å²) < 4.78 is 28.1. The Morgan fingerprint density at radius 1 is 1.34 bits per heavy atom. The Balaban J connectivity index is 1.79. The molecule has 0 saturated heterocycles. The number of nitrogens with zero attached hydrogens (tertiary/aromatic N) is 5. The molecule has 1 aliphatic carbocycles. The van der Waals surface area contributed by atoms with Crippen LogP contribution < -0.4 is 5.56 Å². The van der Waals surface area contributed by atoms with E-state index in [-0.39, 0.29) is 17.4 Å². The lowest BCUT2D eigenvalue weighted by molar-refractivity contribution is 0.0492. The van der Waals surface area contributed by atoms with Crippen molar-refractivity contribution in [3.05, 3.63) is 46.6 Å². The van der Waals surface area contributed by atoms with Gasteiger partial charge >= 0.3 is 0 Å². The van der Waals surface area contributed by atoms with Gasteiger partial charge in [0.1, 0.15) is 29.0 Å². The molecule has 0 N–H and O–H groups in total. The summed E-state index contributed by atoms with van der Waals surface area (Å²) in [6, 6.07) is 4.27. The first kappa shape index (κ1) is 18.0. The van der Waals surface area contributed by atoms with Gasteiger partial charge in [-0.25, -0.2) is 9.37 Å². The highest BCUT2D eigenvalue weighted by Crippen LogP contribution is 2.48. The first-order chi connectivity index (χ1) is 14.0. The molecule has 1 saturated carbocycles. The van der Waals surface area contributed by atoms with Gasteiger partial charge in [0.15, 0.2) is 0 Å². The van der Waals surface area contributed by atoms with E-state index in [1.54, 1.807) is 22.1 Å². The van der Waals surface area contributed by atoms with Crippen molar-refractivity contribution in [3.8, 4) is 11.5 Å². The molecule has 1 atom stereocenters. The average molecular weight is 397 g/mol. The molecule has 0 spiro atoms. The fourth-order valence-corrected chi connectivity index (χ4v) is 3.76. The molecular formula is C20H20FN5O3. The van der Waals surface area contributed by atoms with E-state index in [0.717, 1.165) is 12.8 Å². The van der Waals surface area contributed by atoms with Crippen molar-refractivity contribution in [2.45, 2.75) is 44.8 Å². The van der Waals surface area contributed by atoms with Crippen LogP contribution in [0.5, 0.6) is 0 Å². The van der Waals surface area contributed by atoms with Crippen LogP contribution in [-0.4, -0.2) is 31.2 Å². The maximum Gasteiger partial charge on any atom is 0.278 e. The molecule has 1 aliphatic rings. The lowest BCUT2D eigenvalue weighted by Crippen LogP contribution is -2.25. The van der Waals surface area contributed by atoms with Crippen LogP contribution in [-0.2, 0) is 10.3 Å². The Labute approximate surface area is 164 Å². The van der Waals surface area contributed by atoms with Gasteiger partial charge in [-0.05, 0) is 44.4 Å². The summed E-state index contributed by atoms with van der Waals surface area (Å²) in [5.74, 6) is 0.229. The van der Waals surface area contributed by atoms with Gasteiger partial charge in [-0.15, -0.1) is 0 Å². The van der Waals surface area contributed by atoms with Crippen LogP contribution in [0.3, 0.4) is 0 Å². The number of hydrogen-bond donors (Lipinski definition) is 0. The molecule has 0 bridgehead atoms. The predicted molar refractivity (Wildman–Crippen MR) is 103 cm³/mol. The van der Waals surface area contributed by atoms with E-state index in [4.69, 9.17) is 9.26 Å². The zero-order valence-electron chi connectivity index (χ0n) is 16.3. The second-order valence-corrected chi connectivity index (χ2v) is 7.50. The highest BCUT2D eigenvalue weighted by molar-refractivity contribution is 5.83. The van der Waals surface area contributed by atoms with E-state index >= 15 is 0 Å². The van der Waals surface area contributed by atoms with E-state index < -0.39 is 11.4 Å². The van der Waals surface area contributed by atoms with Crippen molar-refractivity contribution in [2.75, 3.05) is 7.11 Å². The fourth-order valence-electron chi connectivity index (χ4n) is 3.76. The lowest BCUT2D eigenvalue weighted by Gasteiger charge is -2.17. The summed E-state index contributed by atoms with van der Waals surface area (Å²) in [6.07, 6.45) is 3.87. The predicted octanol–water partition coefficient (Wildman–Crippen LogP) is 3.44. The molecule has 4 aromatic rings. The molecule has 29 heavy (non-hydrogen) atoms. The smallest absolute Gasteiger partial charge is 0.278 e. The standard InChI is InChI=1S/C20H20FN5O3/c1-4-11(2)26-14-9-12(21)5-6-13(14)25-10-22-15(16(25)18(26)27)17-23-19(29-24-17)20(28-3)7-8-20/h5-6,9-11H,4,7-8H2,1-3H3. The minimum absolute atomic E-state index is 0.122. The van der Waals surface area contributed by atoms with E-state index in [2.05, 4.69) is 15.1 Å². The quantitative estimate of drug-likeness (QED) is 0.513. The van der Waals surface area contributed by atoms with E-state index in [1.807, 2.05) is 13.8 Å². The summed E-state index contributed by atoms with van der Waals surface area (Å²) in [4.78, 5) is 22.3. The van der Waals surface area contributed by atoms with E-state index in [0.29, 0.717) is 34.6 Å². The molecule has 1 fully saturated rings. The zero-order chi connectivity index (χ0) is 20.3. The zero-order valence-corrected chi connectivity index (χ0v) is 16.3. The van der Waals surface area contributed by atoms with Crippen molar-refractivity contribution in [1.82, 2.24) is 24.1 Å². The third-order valence-electron chi connectivity index (χ3n) is 5.80. The van der Waals surface area contributed by atoms with Gasteiger partial charge in [-0.3, -0.25) is 9.20 Å². The van der Waals surface area contributed by atoms with Crippen LogP contribution in [0.4, 0.5) is 4.39 Å². The van der Waals surface area contributed by atoms with Crippen LogP contribution in [0, 0.1) is 5.82 Å². The number of benzene rings is 1. The van der Waals surface area contributed by atoms with Crippen molar-refractivity contribution in [3.63, 3.8) is 0 Å². The van der Waals surface area contributed by atoms with E-state index in [1.165, 1.54) is 18.5 Å². The maximum absolute atomic E-state index is 14.0. The highest BCUT2D eigenvalue weighted by atomic mass is 19.1. The second-order valence-electron chi connectivity index (χ2n) is 7.50. The van der Waals surface area contributed by atoms with Crippen LogP contribution >= 0.6 is 0 Å². The molecule has 3 heterocycles. The van der Waals surface area contributed by atoms with Crippen molar-refractivity contribution >= 4 is 16.6 Å². The molecule has 1 unspecified atom stereocenters. The van der Waals surface area contributed by atoms with Gasteiger partial charge in [0, 0.05) is 13.2 Å². The Bertz CT molecular complexity index is 1300. The largest absolute Gasteiger partial charge is 0.368 e. The van der Waals surface area contributed by atoms with Gasteiger partial charge < -0.3 is 13.8 Å². The Hall–Kier alpha value is -3.07. The van der Waals surface area contributed by atoms with Crippen molar-refractivity contribution in [1.29, 1.82) is 0 Å². The van der Waals surface area contributed by atoms with Gasteiger partial charge in [0.2, 0.25) is 5.82 Å². The normalized spacial score (nSPS) is 16.6. The molecule has 0 amide bonds. The Morgan fingerprint density at radius 3 is 2.83 bits per heavy atom. The molecule has 3 aromatic heterocycles. The number of fused-ring (bicyclic) bond motifs is 3. The number of ether oxygens (including phenoxy) is 1. The summed E-state index contributed by atoms with van der Waals surface area (Å²) in [5, 5.41) is 4.04. The highest BCUT2D eigenvalue weighted by Gasteiger charge is 2.50. The fraction of sp³-hybridized carbons (Fsp3) is 0.400. The summed E-state index contributed by atoms with van der Waals surface area (Å²) in [6.45, 7) is 3.91. The molecule has 1 aromatic carbocycles. The van der Waals surface area contributed by atoms with Crippen LogP contribution in [0.1, 0.15) is 45.0 Å². The third kappa shape index (κ3) is 2.53. The molecule has 0 aliphatic heterocycles. The van der Waals surface area contributed by atoms with Crippen LogP contribution in [0.25, 0.3) is 28.1 Å². The monoisotopic (exact) mass is 397 g/mol. The molecule has 8 nitrogen and oxygen atoms in total. The maximum atomic E-state index is 14.0. The van der Waals surface area contributed by atoms with Crippen LogP contribution in [0.15, 0.2) is 33.8 Å². The number of imidazole rings is 1. The van der Waals surface area contributed by atoms with Crippen molar-refractivity contribution in [2.24, 2.45) is 0 Å². The Kier molecular flexibility index (Phi) is 3.86. The topological polar surface area (TPSA) is 87.5 Å². The number of rotatable bonds is 5. The van der Waals surface area contributed by atoms with Crippen molar-refractivity contribution < 1.29 is 13.7 Å².